The van der Waals surface area contributed by atoms with Gasteiger partial charge in [0.05, 0.1) is 24.8 Å². The molecule has 6 nitrogen and oxygen atoms in total. The zero-order valence-electron chi connectivity index (χ0n) is 16.1. The molecule has 0 radical (unpaired) electrons. The summed E-state index contributed by atoms with van der Waals surface area (Å²) in [6.07, 6.45) is 1.46. The van der Waals surface area contributed by atoms with Crippen LogP contribution >= 0.6 is 15.9 Å². The van der Waals surface area contributed by atoms with Crippen LogP contribution < -0.4 is 19.5 Å². The molecule has 0 aliphatic carbocycles. The van der Waals surface area contributed by atoms with Crippen LogP contribution in [-0.2, 0) is 4.79 Å². The van der Waals surface area contributed by atoms with Gasteiger partial charge in [-0.05, 0) is 77.8 Å². The van der Waals surface area contributed by atoms with Gasteiger partial charge in [-0.25, -0.2) is 0 Å². The molecule has 146 valence electrons. The average Bonchev–Trinajstić information content (AvgIpc) is 2.68. The molecule has 0 saturated heterocycles. The normalized spacial score (nSPS) is 11.0. The maximum atomic E-state index is 12.5. The van der Waals surface area contributed by atoms with Gasteiger partial charge in [-0.3, -0.25) is 4.79 Å². The van der Waals surface area contributed by atoms with Gasteiger partial charge in [-0.15, -0.1) is 0 Å². The number of benzene rings is 2. The summed E-state index contributed by atoms with van der Waals surface area (Å²) in [4.78, 5) is 12.5. The van der Waals surface area contributed by atoms with Crippen LogP contribution in [0.2, 0.25) is 0 Å². The number of methoxy groups -OCH3 is 2. The van der Waals surface area contributed by atoms with E-state index in [0.29, 0.717) is 33.0 Å². The van der Waals surface area contributed by atoms with E-state index in [1.54, 1.807) is 43.5 Å². The minimum absolute atomic E-state index is 0.0310. The van der Waals surface area contributed by atoms with Gasteiger partial charge in [0.25, 0.3) is 5.91 Å². The molecule has 0 aromatic heterocycles. The van der Waals surface area contributed by atoms with Crippen LogP contribution in [0.1, 0.15) is 19.4 Å². The molecule has 0 spiro atoms. The third-order valence-electron chi connectivity index (χ3n) is 3.63. The number of carbonyl (C=O) groups excluding carboxylic acids is 1. The van der Waals surface area contributed by atoms with Gasteiger partial charge in [0, 0.05) is 5.69 Å². The van der Waals surface area contributed by atoms with E-state index in [-0.39, 0.29) is 11.7 Å². The van der Waals surface area contributed by atoms with Crippen molar-refractivity contribution in [2.24, 2.45) is 0 Å². The number of halogens is 1. The molecule has 2 aromatic rings. The first-order valence-electron chi connectivity index (χ1n) is 8.49. The predicted octanol–water partition coefficient (Wildman–Crippen LogP) is 4.80. The number of carbonyl (C=O) groups is 1. The van der Waals surface area contributed by atoms with Gasteiger partial charge in [0.15, 0.2) is 11.5 Å². The van der Waals surface area contributed by atoms with Crippen molar-refractivity contribution in [2.45, 2.75) is 20.0 Å². The highest BCUT2D eigenvalue weighted by Crippen LogP contribution is 2.38. The van der Waals surface area contributed by atoms with E-state index < -0.39 is 5.91 Å². The maximum Gasteiger partial charge on any atom is 0.266 e. The fraction of sp³-hybridized carbons (Fsp3) is 0.238. The molecule has 0 unspecified atom stereocenters. The molecule has 0 heterocycles. The topological polar surface area (TPSA) is 80.6 Å². The predicted molar refractivity (Wildman–Crippen MR) is 112 cm³/mol. The molecule has 0 fully saturated rings. The summed E-state index contributed by atoms with van der Waals surface area (Å²) in [5.74, 6) is 1.23. The molecule has 7 heteroatoms. The van der Waals surface area contributed by atoms with Gasteiger partial charge >= 0.3 is 0 Å². The third-order valence-corrected chi connectivity index (χ3v) is 4.22. The van der Waals surface area contributed by atoms with Gasteiger partial charge < -0.3 is 19.5 Å². The van der Waals surface area contributed by atoms with E-state index in [0.717, 1.165) is 0 Å². The highest BCUT2D eigenvalue weighted by molar-refractivity contribution is 9.10. The molecule has 2 aromatic carbocycles. The summed E-state index contributed by atoms with van der Waals surface area (Å²) in [5.41, 5.74) is 1.15. The Morgan fingerprint density at radius 2 is 1.86 bits per heavy atom. The summed E-state index contributed by atoms with van der Waals surface area (Å²) >= 11 is 3.45. The van der Waals surface area contributed by atoms with E-state index in [1.807, 2.05) is 19.9 Å². The van der Waals surface area contributed by atoms with E-state index in [2.05, 4.69) is 21.2 Å². The summed E-state index contributed by atoms with van der Waals surface area (Å²) in [5, 5.41) is 12.1. The van der Waals surface area contributed by atoms with Gasteiger partial charge in [-0.1, -0.05) is 0 Å². The molecule has 0 saturated carbocycles. The molecule has 0 aliphatic rings. The molecule has 0 aliphatic heterocycles. The van der Waals surface area contributed by atoms with Gasteiger partial charge in [0.1, 0.15) is 17.4 Å². The van der Waals surface area contributed by atoms with Crippen LogP contribution in [0.4, 0.5) is 5.69 Å². The Labute approximate surface area is 172 Å². The second-order valence-electron chi connectivity index (χ2n) is 6.05. The van der Waals surface area contributed by atoms with Crippen molar-refractivity contribution in [3.05, 3.63) is 52.0 Å². The van der Waals surface area contributed by atoms with E-state index in [9.17, 15) is 10.1 Å². The number of nitriles is 1. The Balaban J connectivity index is 2.28. The monoisotopic (exact) mass is 444 g/mol. The van der Waals surface area contributed by atoms with Crippen molar-refractivity contribution < 1.29 is 19.0 Å². The largest absolute Gasteiger partial charge is 0.497 e. The van der Waals surface area contributed by atoms with Crippen molar-refractivity contribution >= 4 is 33.6 Å². The van der Waals surface area contributed by atoms with Gasteiger partial charge in [0.2, 0.25) is 0 Å². The highest BCUT2D eigenvalue weighted by Gasteiger charge is 2.15. The van der Waals surface area contributed by atoms with Crippen molar-refractivity contribution in [3.63, 3.8) is 0 Å². The number of anilines is 1. The lowest BCUT2D eigenvalue weighted by Crippen LogP contribution is -2.13. The van der Waals surface area contributed by atoms with E-state index in [1.165, 1.54) is 13.2 Å². The van der Waals surface area contributed by atoms with E-state index in [4.69, 9.17) is 14.2 Å². The summed E-state index contributed by atoms with van der Waals surface area (Å²) < 4.78 is 16.9. The standard InChI is InChI=1S/C21H21BrN2O4/c1-13(2)28-20-18(22)10-14(11-19(20)27-4)9-15(12-23)21(25)24-16-5-7-17(26-3)8-6-16/h5-11,13H,1-4H3,(H,24,25)/b15-9+. The number of hydrogen-bond acceptors (Lipinski definition) is 5. The van der Waals surface area contributed by atoms with Crippen LogP contribution in [0.15, 0.2) is 46.4 Å². The number of nitrogens with one attached hydrogen (secondary N) is 1. The van der Waals surface area contributed by atoms with Crippen molar-refractivity contribution in [2.75, 3.05) is 19.5 Å². The quantitative estimate of drug-likeness (QED) is 0.489. The van der Waals surface area contributed by atoms with Crippen LogP contribution in [-0.4, -0.2) is 26.2 Å². The Morgan fingerprint density at radius 3 is 2.39 bits per heavy atom. The number of rotatable bonds is 7. The van der Waals surface area contributed by atoms with Crippen LogP contribution in [0.5, 0.6) is 17.2 Å². The number of ether oxygens (including phenoxy) is 3. The maximum absolute atomic E-state index is 12.5. The first-order valence-corrected chi connectivity index (χ1v) is 9.28. The summed E-state index contributed by atoms with van der Waals surface area (Å²) in [7, 11) is 3.10. The SMILES string of the molecule is COc1ccc(NC(=O)/C(C#N)=C/c2cc(Br)c(OC(C)C)c(OC)c2)cc1. The van der Waals surface area contributed by atoms with Crippen LogP contribution in [0, 0.1) is 11.3 Å². The first kappa shape index (κ1) is 21.3. The van der Waals surface area contributed by atoms with E-state index >= 15 is 0 Å². The summed E-state index contributed by atoms with van der Waals surface area (Å²) in [6.45, 7) is 3.83. The average molecular weight is 445 g/mol. The summed E-state index contributed by atoms with van der Waals surface area (Å²) in [6, 6.07) is 12.2. The molecule has 28 heavy (non-hydrogen) atoms. The molecule has 2 rings (SSSR count). The minimum atomic E-state index is -0.509. The van der Waals surface area contributed by atoms with Crippen LogP contribution in [0.3, 0.4) is 0 Å². The fourth-order valence-electron chi connectivity index (χ4n) is 2.36. The molecule has 1 N–H and O–H groups in total. The molecular formula is C21H21BrN2O4. The number of hydrogen-bond donors (Lipinski definition) is 1. The zero-order valence-corrected chi connectivity index (χ0v) is 17.7. The molecule has 0 atom stereocenters. The molecule has 0 bridgehead atoms. The lowest BCUT2D eigenvalue weighted by molar-refractivity contribution is -0.112. The van der Waals surface area contributed by atoms with Gasteiger partial charge in [-0.2, -0.15) is 5.26 Å². The lowest BCUT2D eigenvalue weighted by Gasteiger charge is -2.16. The zero-order chi connectivity index (χ0) is 20.7. The Morgan fingerprint density at radius 1 is 1.18 bits per heavy atom. The third kappa shape index (κ3) is 5.51. The van der Waals surface area contributed by atoms with Crippen LogP contribution in [0.25, 0.3) is 6.08 Å². The number of amides is 1. The number of nitrogens with zero attached hydrogens (tertiary/aromatic N) is 1. The fourth-order valence-corrected chi connectivity index (χ4v) is 2.91. The second-order valence-corrected chi connectivity index (χ2v) is 6.91. The lowest BCUT2D eigenvalue weighted by atomic mass is 10.1. The highest BCUT2D eigenvalue weighted by atomic mass is 79.9. The first-order chi connectivity index (χ1) is 13.4. The Bertz CT molecular complexity index is 915. The van der Waals surface area contributed by atoms with Crippen molar-refractivity contribution in [1.82, 2.24) is 0 Å². The Hall–Kier alpha value is -2.98. The Kier molecular flexibility index (Phi) is 7.47. The molecule has 1 amide bonds. The van der Waals surface area contributed by atoms with Crippen molar-refractivity contribution in [1.29, 1.82) is 5.26 Å². The molecular weight excluding hydrogens is 424 g/mol. The minimum Gasteiger partial charge on any atom is -0.497 e. The smallest absolute Gasteiger partial charge is 0.266 e. The van der Waals surface area contributed by atoms with Crippen molar-refractivity contribution in [3.8, 4) is 23.3 Å². The second kappa shape index (κ2) is 9.81.